The molecule has 6 heteroatoms. The Morgan fingerprint density at radius 3 is 3.00 bits per heavy atom. The van der Waals surface area contributed by atoms with Crippen molar-refractivity contribution in [3.63, 3.8) is 0 Å². The van der Waals surface area contributed by atoms with Crippen molar-refractivity contribution >= 4 is 5.96 Å². The van der Waals surface area contributed by atoms with Crippen molar-refractivity contribution in [2.24, 2.45) is 4.99 Å². The van der Waals surface area contributed by atoms with Crippen LogP contribution >= 0.6 is 0 Å². The highest BCUT2D eigenvalue weighted by molar-refractivity contribution is 5.79. The van der Waals surface area contributed by atoms with Crippen LogP contribution in [0.3, 0.4) is 0 Å². The third-order valence-corrected chi connectivity index (χ3v) is 3.17. The van der Waals surface area contributed by atoms with Gasteiger partial charge in [0.25, 0.3) is 0 Å². The number of guanidine groups is 1. The Morgan fingerprint density at radius 2 is 2.32 bits per heavy atom. The fourth-order valence-corrected chi connectivity index (χ4v) is 2.11. The van der Waals surface area contributed by atoms with Crippen molar-refractivity contribution in [3.8, 4) is 0 Å². The van der Waals surface area contributed by atoms with Gasteiger partial charge in [0.1, 0.15) is 5.76 Å². The Morgan fingerprint density at radius 1 is 1.41 bits per heavy atom. The smallest absolute Gasteiger partial charge is 0.191 e. The van der Waals surface area contributed by atoms with Gasteiger partial charge in [-0.3, -0.25) is 9.67 Å². The van der Waals surface area contributed by atoms with Crippen molar-refractivity contribution in [3.05, 3.63) is 42.1 Å². The lowest BCUT2D eigenvalue weighted by molar-refractivity contribution is 0.506. The second kappa shape index (κ2) is 8.92. The molecular weight excluding hydrogens is 278 g/mol. The summed E-state index contributed by atoms with van der Waals surface area (Å²) in [4.78, 5) is 4.58. The number of aryl methyl sites for hydroxylation is 2. The van der Waals surface area contributed by atoms with E-state index in [4.69, 9.17) is 4.42 Å². The first-order valence-electron chi connectivity index (χ1n) is 7.81. The van der Waals surface area contributed by atoms with Gasteiger partial charge in [0.15, 0.2) is 5.96 Å². The number of rotatable bonds is 8. The Labute approximate surface area is 131 Å². The van der Waals surface area contributed by atoms with E-state index >= 15 is 0 Å². The highest BCUT2D eigenvalue weighted by Gasteiger charge is 1.99. The van der Waals surface area contributed by atoms with Gasteiger partial charge in [-0.05, 0) is 38.0 Å². The number of hydrogen-bond acceptors (Lipinski definition) is 3. The number of furan rings is 1. The lowest BCUT2D eigenvalue weighted by Crippen LogP contribution is -2.38. The first-order valence-corrected chi connectivity index (χ1v) is 7.81. The maximum atomic E-state index is 5.31. The lowest BCUT2D eigenvalue weighted by atomic mass is 10.3. The molecule has 0 radical (unpaired) electrons. The molecule has 2 heterocycles. The maximum Gasteiger partial charge on any atom is 0.191 e. The van der Waals surface area contributed by atoms with Gasteiger partial charge < -0.3 is 15.1 Å². The molecule has 2 rings (SSSR count). The summed E-state index contributed by atoms with van der Waals surface area (Å²) in [6.07, 6.45) is 7.45. The molecule has 2 aromatic rings. The van der Waals surface area contributed by atoms with Crippen molar-refractivity contribution in [1.29, 1.82) is 0 Å². The summed E-state index contributed by atoms with van der Waals surface area (Å²) in [5.41, 5.74) is 1.19. The van der Waals surface area contributed by atoms with Crippen LogP contribution in [0.2, 0.25) is 0 Å². The molecule has 0 fully saturated rings. The molecule has 0 unspecified atom stereocenters. The standard InChI is InChI=1S/C16H25N5O/c1-3-17-16(19-9-7-15-6-4-11-22-15)18-8-5-10-21-13-14(2)12-20-21/h4,6,11-13H,3,5,7-10H2,1-2H3,(H2,17,18,19). The van der Waals surface area contributed by atoms with Crippen LogP contribution in [0.5, 0.6) is 0 Å². The van der Waals surface area contributed by atoms with E-state index in [1.807, 2.05) is 29.9 Å². The van der Waals surface area contributed by atoms with Gasteiger partial charge in [-0.25, -0.2) is 0 Å². The summed E-state index contributed by atoms with van der Waals surface area (Å²) in [5.74, 6) is 1.84. The summed E-state index contributed by atoms with van der Waals surface area (Å²) in [6.45, 7) is 7.44. The molecule has 2 N–H and O–H groups in total. The molecular formula is C16H25N5O. The van der Waals surface area contributed by atoms with Gasteiger partial charge in [-0.2, -0.15) is 5.10 Å². The van der Waals surface area contributed by atoms with E-state index in [1.165, 1.54) is 5.56 Å². The fourth-order valence-electron chi connectivity index (χ4n) is 2.11. The van der Waals surface area contributed by atoms with Crippen LogP contribution in [-0.2, 0) is 13.0 Å². The normalized spacial score (nSPS) is 11.6. The zero-order valence-corrected chi connectivity index (χ0v) is 13.4. The Balaban J connectivity index is 1.69. The molecule has 0 aliphatic heterocycles. The SMILES string of the molecule is CCNC(=NCCCn1cc(C)cn1)NCCc1ccco1. The van der Waals surface area contributed by atoms with Gasteiger partial charge in [0.05, 0.1) is 12.5 Å². The average molecular weight is 303 g/mol. The highest BCUT2D eigenvalue weighted by atomic mass is 16.3. The van der Waals surface area contributed by atoms with Crippen molar-refractivity contribution in [2.75, 3.05) is 19.6 Å². The molecule has 0 aliphatic rings. The summed E-state index contributed by atoms with van der Waals surface area (Å²) in [7, 11) is 0. The zero-order valence-electron chi connectivity index (χ0n) is 13.4. The fraction of sp³-hybridized carbons (Fsp3) is 0.500. The second-order valence-corrected chi connectivity index (χ2v) is 5.15. The van der Waals surface area contributed by atoms with E-state index in [0.717, 1.165) is 50.7 Å². The van der Waals surface area contributed by atoms with Crippen LogP contribution in [0.25, 0.3) is 0 Å². The zero-order chi connectivity index (χ0) is 15.6. The largest absolute Gasteiger partial charge is 0.469 e. The van der Waals surface area contributed by atoms with E-state index in [1.54, 1.807) is 6.26 Å². The average Bonchev–Trinajstić information content (AvgIpc) is 3.15. The summed E-state index contributed by atoms with van der Waals surface area (Å²) < 4.78 is 7.28. The Kier molecular flexibility index (Phi) is 6.54. The molecule has 0 atom stereocenters. The van der Waals surface area contributed by atoms with E-state index in [9.17, 15) is 0 Å². The minimum Gasteiger partial charge on any atom is -0.469 e. The molecule has 0 saturated carbocycles. The predicted molar refractivity (Wildman–Crippen MR) is 88.0 cm³/mol. The lowest BCUT2D eigenvalue weighted by Gasteiger charge is -2.10. The summed E-state index contributed by atoms with van der Waals surface area (Å²) in [5, 5.41) is 10.8. The molecule has 2 aromatic heterocycles. The number of aliphatic imine (C=N–C) groups is 1. The van der Waals surface area contributed by atoms with Crippen molar-refractivity contribution in [1.82, 2.24) is 20.4 Å². The van der Waals surface area contributed by atoms with E-state index in [0.29, 0.717) is 0 Å². The van der Waals surface area contributed by atoms with Gasteiger partial charge in [-0.15, -0.1) is 0 Å². The molecule has 6 nitrogen and oxygen atoms in total. The van der Waals surface area contributed by atoms with Crippen molar-refractivity contribution in [2.45, 2.75) is 33.2 Å². The molecule has 22 heavy (non-hydrogen) atoms. The van der Waals surface area contributed by atoms with Crippen LogP contribution in [0.1, 0.15) is 24.7 Å². The van der Waals surface area contributed by atoms with Crippen LogP contribution in [0, 0.1) is 6.92 Å². The topological polar surface area (TPSA) is 67.4 Å². The Hall–Kier alpha value is -2.24. The third kappa shape index (κ3) is 5.63. The van der Waals surface area contributed by atoms with Gasteiger partial charge in [0, 0.05) is 38.8 Å². The number of nitrogens with zero attached hydrogens (tertiary/aromatic N) is 3. The predicted octanol–water partition coefficient (Wildman–Crippen LogP) is 1.97. The molecule has 0 aliphatic carbocycles. The maximum absolute atomic E-state index is 5.31. The molecule has 120 valence electrons. The van der Waals surface area contributed by atoms with Crippen LogP contribution in [0.4, 0.5) is 0 Å². The summed E-state index contributed by atoms with van der Waals surface area (Å²) >= 11 is 0. The molecule has 0 amide bonds. The molecule has 0 aromatic carbocycles. The van der Waals surface area contributed by atoms with Gasteiger partial charge in [0.2, 0.25) is 0 Å². The number of nitrogens with one attached hydrogen (secondary N) is 2. The van der Waals surface area contributed by atoms with Gasteiger partial charge in [-0.1, -0.05) is 0 Å². The van der Waals surface area contributed by atoms with Crippen LogP contribution in [-0.4, -0.2) is 35.4 Å². The monoisotopic (exact) mass is 303 g/mol. The quantitative estimate of drug-likeness (QED) is 0.444. The molecule has 0 spiro atoms. The summed E-state index contributed by atoms with van der Waals surface area (Å²) in [6, 6.07) is 3.89. The number of aromatic nitrogens is 2. The van der Waals surface area contributed by atoms with Crippen molar-refractivity contribution < 1.29 is 4.42 Å². The second-order valence-electron chi connectivity index (χ2n) is 5.15. The van der Waals surface area contributed by atoms with Crippen LogP contribution in [0.15, 0.2) is 40.2 Å². The minimum absolute atomic E-state index is 0.773. The van der Waals surface area contributed by atoms with E-state index in [-0.39, 0.29) is 0 Å². The first-order chi connectivity index (χ1) is 10.8. The molecule has 0 bridgehead atoms. The van der Waals surface area contributed by atoms with Gasteiger partial charge >= 0.3 is 0 Å². The van der Waals surface area contributed by atoms with E-state index < -0.39 is 0 Å². The third-order valence-electron chi connectivity index (χ3n) is 3.17. The Bertz CT molecular complexity index is 559. The molecule has 0 saturated heterocycles. The van der Waals surface area contributed by atoms with E-state index in [2.05, 4.69) is 33.8 Å². The highest BCUT2D eigenvalue weighted by Crippen LogP contribution is 1.99. The first kappa shape index (κ1) is 16.1. The number of hydrogen-bond donors (Lipinski definition) is 2. The van der Waals surface area contributed by atoms with Crippen LogP contribution < -0.4 is 10.6 Å². The minimum atomic E-state index is 0.773.